The van der Waals surface area contributed by atoms with Crippen molar-refractivity contribution in [1.29, 1.82) is 0 Å². The van der Waals surface area contributed by atoms with Crippen molar-refractivity contribution in [3.63, 3.8) is 0 Å². The Labute approximate surface area is 150 Å². The van der Waals surface area contributed by atoms with Crippen LogP contribution in [0, 0.1) is 0 Å². The van der Waals surface area contributed by atoms with Gasteiger partial charge in [-0.25, -0.2) is 8.42 Å². The Morgan fingerprint density at radius 1 is 1.12 bits per heavy atom. The van der Waals surface area contributed by atoms with Gasteiger partial charge in [-0.3, -0.25) is 15.0 Å². The minimum absolute atomic E-state index is 0.00225. The van der Waals surface area contributed by atoms with Crippen molar-refractivity contribution in [3.05, 3.63) is 53.6 Å². The van der Waals surface area contributed by atoms with E-state index in [0.717, 1.165) is 5.56 Å². The number of hydrazine groups is 1. The maximum Gasteiger partial charge on any atom is 0.266 e. The normalized spacial score (nSPS) is 13.5. The topological polar surface area (TPSA) is 114 Å². The standard InChI is InChI=1S/C17H17N3O5S/c1-25-13-5-2-11(3-6-13)17(22)19-20-26(23,24)14-7-8-15-12(10-14)4-9-16(21)18-15/h2-3,5-8,10,20H,4,9H2,1H3,(H,18,21)(H,19,22). The van der Waals surface area contributed by atoms with Crippen LogP contribution in [0.15, 0.2) is 47.4 Å². The zero-order valence-electron chi connectivity index (χ0n) is 13.9. The molecular formula is C17H17N3O5S. The molecule has 26 heavy (non-hydrogen) atoms. The van der Waals surface area contributed by atoms with Gasteiger partial charge in [0.05, 0.1) is 12.0 Å². The number of benzene rings is 2. The molecule has 2 aromatic rings. The Kier molecular flexibility index (Phi) is 4.92. The molecule has 0 bridgehead atoms. The third kappa shape index (κ3) is 3.84. The van der Waals surface area contributed by atoms with Gasteiger partial charge in [0.2, 0.25) is 5.91 Å². The summed E-state index contributed by atoms with van der Waals surface area (Å²) in [7, 11) is -2.44. The molecule has 0 saturated heterocycles. The molecule has 0 aromatic heterocycles. The molecule has 3 N–H and O–H groups in total. The summed E-state index contributed by atoms with van der Waals surface area (Å²) in [6.07, 6.45) is 0.765. The highest BCUT2D eigenvalue weighted by atomic mass is 32.2. The van der Waals surface area contributed by atoms with E-state index in [-0.39, 0.29) is 16.4 Å². The highest BCUT2D eigenvalue weighted by Crippen LogP contribution is 2.25. The number of ether oxygens (including phenoxy) is 1. The van der Waals surface area contributed by atoms with Crippen LogP contribution < -0.4 is 20.3 Å². The lowest BCUT2D eigenvalue weighted by atomic mass is 10.0. The molecule has 1 aliphatic rings. The molecule has 1 aliphatic heterocycles. The van der Waals surface area contributed by atoms with Crippen LogP contribution in [0.25, 0.3) is 0 Å². The van der Waals surface area contributed by atoms with E-state index in [9.17, 15) is 18.0 Å². The predicted molar refractivity (Wildman–Crippen MR) is 94.2 cm³/mol. The third-order valence-corrected chi connectivity index (χ3v) is 5.18. The molecule has 0 aliphatic carbocycles. The van der Waals surface area contributed by atoms with Crippen LogP contribution in [0.1, 0.15) is 22.3 Å². The molecule has 0 unspecified atom stereocenters. The third-order valence-electron chi connectivity index (χ3n) is 3.93. The summed E-state index contributed by atoms with van der Waals surface area (Å²) in [5.41, 5.74) is 3.78. The van der Waals surface area contributed by atoms with Gasteiger partial charge in [-0.15, -0.1) is 4.83 Å². The van der Waals surface area contributed by atoms with E-state index < -0.39 is 15.9 Å². The molecule has 2 aromatic carbocycles. The van der Waals surface area contributed by atoms with Crippen LogP contribution in [-0.2, 0) is 21.2 Å². The molecule has 3 rings (SSSR count). The molecule has 0 radical (unpaired) electrons. The van der Waals surface area contributed by atoms with Gasteiger partial charge in [0, 0.05) is 17.7 Å². The highest BCUT2D eigenvalue weighted by Gasteiger charge is 2.20. The van der Waals surface area contributed by atoms with Gasteiger partial charge in [-0.1, -0.05) is 0 Å². The van der Waals surface area contributed by atoms with E-state index in [1.54, 1.807) is 12.1 Å². The molecule has 1 heterocycles. The summed E-state index contributed by atoms with van der Waals surface area (Å²) >= 11 is 0. The fraction of sp³-hybridized carbons (Fsp3) is 0.176. The smallest absolute Gasteiger partial charge is 0.266 e. The minimum atomic E-state index is -3.94. The number of hydrogen-bond donors (Lipinski definition) is 3. The van der Waals surface area contributed by atoms with Gasteiger partial charge in [0.25, 0.3) is 15.9 Å². The van der Waals surface area contributed by atoms with Crippen molar-refractivity contribution in [2.24, 2.45) is 0 Å². The van der Waals surface area contributed by atoms with Gasteiger partial charge < -0.3 is 10.1 Å². The summed E-state index contributed by atoms with van der Waals surface area (Å²) in [6, 6.07) is 10.6. The first-order valence-electron chi connectivity index (χ1n) is 7.78. The van der Waals surface area contributed by atoms with Crippen LogP contribution in [0.5, 0.6) is 5.75 Å². The predicted octanol–water partition coefficient (Wildman–Crippen LogP) is 1.20. The second kappa shape index (κ2) is 7.14. The first kappa shape index (κ1) is 17.9. The highest BCUT2D eigenvalue weighted by molar-refractivity contribution is 7.89. The van der Waals surface area contributed by atoms with Gasteiger partial charge >= 0.3 is 0 Å². The fourth-order valence-corrected chi connectivity index (χ4v) is 3.40. The second-order valence-electron chi connectivity index (χ2n) is 5.66. The molecular weight excluding hydrogens is 358 g/mol. The van der Waals surface area contributed by atoms with Crippen molar-refractivity contribution in [3.8, 4) is 5.75 Å². The van der Waals surface area contributed by atoms with E-state index in [4.69, 9.17) is 4.74 Å². The number of nitrogens with one attached hydrogen (secondary N) is 3. The van der Waals surface area contributed by atoms with Crippen LogP contribution in [-0.4, -0.2) is 27.3 Å². The van der Waals surface area contributed by atoms with Gasteiger partial charge in [-0.05, 0) is 54.4 Å². The Balaban J connectivity index is 1.70. The molecule has 9 heteroatoms. The molecule has 0 spiro atoms. The summed E-state index contributed by atoms with van der Waals surface area (Å²) in [5, 5.41) is 2.69. The molecule has 0 fully saturated rings. The number of sulfonamides is 1. The molecule has 136 valence electrons. The van der Waals surface area contributed by atoms with Crippen LogP contribution in [0.2, 0.25) is 0 Å². The van der Waals surface area contributed by atoms with Crippen LogP contribution in [0.3, 0.4) is 0 Å². The van der Waals surface area contributed by atoms with E-state index in [0.29, 0.717) is 24.3 Å². The number of aryl methyl sites for hydroxylation is 1. The lowest BCUT2D eigenvalue weighted by Gasteiger charge is -2.17. The van der Waals surface area contributed by atoms with Crippen LogP contribution in [0.4, 0.5) is 5.69 Å². The Morgan fingerprint density at radius 3 is 2.54 bits per heavy atom. The zero-order chi connectivity index (χ0) is 18.7. The maximum absolute atomic E-state index is 12.4. The fourth-order valence-electron chi connectivity index (χ4n) is 2.51. The minimum Gasteiger partial charge on any atom is -0.497 e. The van der Waals surface area contributed by atoms with Crippen molar-refractivity contribution >= 4 is 27.5 Å². The lowest BCUT2D eigenvalue weighted by Crippen LogP contribution is -2.41. The summed E-state index contributed by atoms with van der Waals surface area (Å²) < 4.78 is 29.8. The number of methoxy groups -OCH3 is 1. The van der Waals surface area contributed by atoms with Crippen molar-refractivity contribution < 1.29 is 22.7 Å². The molecule has 0 saturated carbocycles. The van der Waals surface area contributed by atoms with E-state index >= 15 is 0 Å². The number of amides is 2. The Hall–Kier alpha value is -2.91. The summed E-state index contributed by atoms with van der Waals surface area (Å²) in [5.74, 6) is -0.109. The SMILES string of the molecule is COc1ccc(C(=O)NNS(=O)(=O)c2ccc3c(c2)CCC(=O)N3)cc1. The summed E-state index contributed by atoms with van der Waals surface area (Å²) in [4.78, 5) is 25.5. The first-order chi connectivity index (χ1) is 12.4. The summed E-state index contributed by atoms with van der Waals surface area (Å²) in [6.45, 7) is 0. The van der Waals surface area contributed by atoms with Crippen molar-refractivity contribution in [2.75, 3.05) is 12.4 Å². The molecule has 8 nitrogen and oxygen atoms in total. The number of rotatable bonds is 5. The maximum atomic E-state index is 12.4. The van der Waals surface area contributed by atoms with Gasteiger partial charge in [-0.2, -0.15) is 0 Å². The van der Waals surface area contributed by atoms with Crippen molar-refractivity contribution in [1.82, 2.24) is 10.3 Å². The number of hydrogen-bond acceptors (Lipinski definition) is 5. The molecule has 2 amide bonds. The van der Waals surface area contributed by atoms with Crippen molar-refractivity contribution in [2.45, 2.75) is 17.7 Å². The largest absolute Gasteiger partial charge is 0.497 e. The second-order valence-corrected chi connectivity index (χ2v) is 7.34. The Bertz CT molecular complexity index is 955. The molecule has 0 atom stereocenters. The monoisotopic (exact) mass is 375 g/mol. The number of carbonyl (C=O) groups excluding carboxylic acids is 2. The number of anilines is 1. The quantitative estimate of drug-likeness (QED) is 0.680. The van der Waals surface area contributed by atoms with E-state index in [1.165, 1.54) is 37.4 Å². The van der Waals surface area contributed by atoms with Gasteiger partial charge in [0.15, 0.2) is 0 Å². The van der Waals surface area contributed by atoms with Crippen LogP contribution >= 0.6 is 0 Å². The number of fused-ring (bicyclic) bond motifs is 1. The zero-order valence-corrected chi connectivity index (χ0v) is 14.7. The Morgan fingerprint density at radius 2 is 1.85 bits per heavy atom. The average molecular weight is 375 g/mol. The number of carbonyl (C=O) groups is 2. The first-order valence-corrected chi connectivity index (χ1v) is 9.26. The van der Waals surface area contributed by atoms with E-state index in [2.05, 4.69) is 15.6 Å². The van der Waals surface area contributed by atoms with Gasteiger partial charge in [0.1, 0.15) is 5.75 Å². The van der Waals surface area contributed by atoms with E-state index in [1.807, 2.05) is 0 Å². The average Bonchev–Trinajstić information content (AvgIpc) is 2.65. The lowest BCUT2D eigenvalue weighted by molar-refractivity contribution is -0.116.